The fourth-order valence-corrected chi connectivity index (χ4v) is 2.61. The Hall–Kier alpha value is -0.570. The molecular formula is C12H22N2O. The van der Waals surface area contributed by atoms with Crippen molar-refractivity contribution in [2.45, 2.75) is 45.6 Å². The molecule has 2 aliphatic rings. The van der Waals surface area contributed by atoms with E-state index >= 15 is 0 Å². The standard InChI is InChI=1S/C12H22N2O/c1-12(2)5-3-4-10(6-12)14-11(15)9-7-13-8-9/h9-10,13H,3-8H2,1-2H3,(H,14,15). The van der Waals surface area contributed by atoms with Crippen LogP contribution in [0.25, 0.3) is 0 Å². The van der Waals surface area contributed by atoms with Gasteiger partial charge >= 0.3 is 0 Å². The SMILES string of the molecule is CC1(C)CCCC(NC(=O)C2CNC2)C1. The Morgan fingerprint density at radius 2 is 2.13 bits per heavy atom. The topological polar surface area (TPSA) is 41.1 Å². The van der Waals surface area contributed by atoms with E-state index in [0.29, 0.717) is 11.5 Å². The maximum Gasteiger partial charge on any atom is 0.225 e. The second kappa shape index (κ2) is 4.12. The van der Waals surface area contributed by atoms with Gasteiger partial charge in [-0.15, -0.1) is 0 Å². The highest BCUT2D eigenvalue weighted by Crippen LogP contribution is 2.35. The van der Waals surface area contributed by atoms with E-state index in [9.17, 15) is 4.79 Å². The third-order valence-electron chi connectivity index (χ3n) is 3.70. The van der Waals surface area contributed by atoms with Crippen LogP contribution in [0.4, 0.5) is 0 Å². The lowest BCUT2D eigenvalue weighted by Crippen LogP contribution is -2.53. The quantitative estimate of drug-likeness (QED) is 0.721. The zero-order valence-corrected chi connectivity index (χ0v) is 9.81. The van der Waals surface area contributed by atoms with Crippen molar-refractivity contribution in [3.05, 3.63) is 0 Å². The van der Waals surface area contributed by atoms with Crippen LogP contribution in [-0.2, 0) is 4.79 Å². The average molecular weight is 210 g/mol. The molecule has 1 saturated heterocycles. The molecule has 0 bridgehead atoms. The van der Waals surface area contributed by atoms with E-state index in [4.69, 9.17) is 0 Å². The number of hydrogen-bond acceptors (Lipinski definition) is 2. The van der Waals surface area contributed by atoms with E-state index in [0.717, 1.165) is 25.9 Å². The van der Waals surface area contributed by atoms with E-state index < -0.39 is 0 Å². The largest absolute Gasteiger partial charge is 0.353 e. The fraction of sp³-hybridized carbons (Fsp3) is 0.917. The van der Waals surface area contributed by atoms with E-state index in [1.165, 1.54) is 12.8 Å². The Morgan fingerprint density at radius 3 is 2.67 bits per heavy atom. The summed E-state index contributed by atoms with van der Waals surface area (Å²) in [5, 5.41) is 6.33. The van der Waals surface area contributed by atoms with Crippen LogP contribution in [0.15, 0.2) is 0 Å². The Balaban J connectivity index is 1.80. The van der Waals surface area contributed by atoms with E-state index in [2.05, 4.69) is 24.5 Å². The minimum Gasteiger partial charge on any atom is -0.353 e. The predicted molar refractivity (Wildman–Crippen MR) is 60.5 cm³/mol. The van der Waals surface area contributed by atoms with Gasteiger partial charge in [-0.1, -0.05) is 20.3 Å². The van der Waals surface area contributed by atoms with Crippen LogP contribution < -0.4 is 10.6 Å². The molecule has 0 spiro atoms. The maximum atomic E-state index is 11.8. The predicted octanol–water partition coefficient (Wildman–Crippen LogP) is 1.29. The first-order valence-corrected chi connectivity index (χ1v) is 6.08. The van der Waals surface area contributed by atoms with Gasteiger partial charge in [0.2, 0.25) is 5.91 Å². The Kier molecular flexibility index (Phi) is 3.01. The number of amides is 1. The Morgan fingerprint density at radius 1 is 1.40 bits per heavy atom. The van der Waals surface area contributed by atoms with Crippen LogP contribution in [0.5, 0.6) is 0 Å². The molecule has 0 aromatic rings. The van der Waals surface area contributed by atoms with Crippen LogP contribution in [0.3, 0.4) is 0 Å². The van der Waals surface area contributed by atoms with Crippen molar-refractivity contribution >= 4 is 5.91 Å². The first-order valence-electron chi connectivity index (χ1n) is 6.08. The van der Waals surface area contributed by atoms with Crippen molar-refractivity contribution < 1.29 is 4.79 Å². The lowest BCUT2D eigenvalue weighted by Gasteiger charge is -2.37. The minimum atomic E-state index is 0.232. The number of rotatable bonds is 2. The van der Waals surface area contributed by atoms with Crippen molar-refractivity contribution in [3.63, 3.8) is 0 Å². The highest BCUT2D eigenvalue weighted by Gasteiger charge is 2.31. The highest BCUT2D eigenvalue weighted by atomic mass is 16.2. The molecule has 1 aliphatic heterocycles. The Labute approximate surface area is 92.0 Å². The molecular weight excluding hydrogens is 188 g/mol. The highest BCUT2D eigenvalue weighted by molar-refractivity contribution is 5.80. The molecule has 0 aromatic heterocycles. The second-order valence-electron chi connectivity index (χ2n) is 5.82. The molecule has 0 aromatic carbocycles. The number of nitrogens with one attached hydrogen (secondary N) is 2. The molecule has 2 fully saturated rings. The third kappa shape index (κ3) is 2.71. The van der Waals surface area contributed by atoms with Crippen LogP contribution in [0.2, 0.25) is 0 Å². The van der Waals surface area contributed by atoms with Crippen molar-refractivity contribution in [2.75, 3.05) is 13.1 Å². The van der Waals surface area contributed by atoms with Gasteiger partial charge in [-0.25, -0.2) is 0 Å². The maximum absolute atomic E-state index is 11.8. The van der Waals surface area contributed by atoms with Crippen LogP contribution in [-0.4, -0.2) is 25.0 Å². The molecule has 2 rings (SSSR count). The first kappa shape index (κ1) is 10.9. The molecule has 2 N–H and O–H groups in total. The number of carbonyl (C=O) groups excluding carboxylic acids is 1. The van der Waals surface area contributed by atoms with Gasteiger partial charge in [-0.05, 0) is 24.7 Å². The van der Waals surface area contributed by atoms with E-state index in [1.54, 1.807) is 0 Å². The molecule has 1 aliphatic carbocycles. The summed E-state index contributed by atoms with van der Waals surface area (Å²) in [6.07, 6.45) is 4.85. The molecule has 3 heteroatoms. The zero-order valence-electron chi connectivity index (χ0n) is 9.81. The summed E-state index contributed by atoms with van der Waals surface area (Å²) in [6, 6.07) is 0.418. The first-order chi connectivity index (χ1) is 7.07. The van der Waals surface area contributed by atoms with Crippen LogP contribution in [0, 0.1) is 11.3 Å². The smallest absolute Gasteiger partial charge is 0.225 e. The van der Waals surface area contributed by atoms with Gasteiger partial charge in [0.15, 0.2) is 0 Å². The van der Waals surface area contributed by atoms with Gasteiger partial charge in [0.1, 0.15) is 0 Å². The van der Waals surface area contributed by atoms with Gasteiger partial charge in [0.05, 0.1) is 5.92 Å². The van der Waals surface area contributed by atoms with Gasteiger partial charge in [-0.2, -0.15) is 0 Å². The molecule has 3 nitrogen and oxygen atoms in total. The molecule has 1 atom stereocenters. The molecule has 1 heterocycles. The van der Waals surface area contributed by atoms with Gasteiger partial charge < -0.3 is 10.6 Å². The summed E-state index contributed by atoms with van der Waals surface area (Å²) in [5.74, 6) is 0.492. The monoisotopic (exact) mass is 210 g/mol. The summed E-state index contributed by atoms with van der Waals surface area (Å²) in [5.41, 5.74) is 0.411. The number of hydrogen-bond donors (Lipinski definition) is 2. The number of carbonyl (C=O) groups is 1. The van der Waals surface area contributed by atoms with E-state index in [-0.39, 0.29) is 11.8 Å². The summed E-state index contributed by atoms with van der Waals surface area (Å²) in [6.45, 7) is 6.33. The van der Waals surface area contributed by atoms with Crippen molar-refractivity contribution in [3.8, 4) is 0 Å². The molecule has 86 valence electrons. The lowest BCUT2D eigenvalue weighted by molar-refractivity contribution is -0.127. The zero-order chi connectivity index (χ0) is 10.9. The van der Waals surface area contributed by atoms with Crippen molar-refractivity contribution in [2.24, 2.45) is 11.3 Å². The molecule has 1 amide bonds. The fourth-order valence-electron chi connectivity index (χ4n) is 2.61. The summed E-state index contributed by atoms with van der Waals surface area (Å²) >= 11 is 0. The third-order valence-corrected chi connectivity index (χ3v) is 3.70. The minimum absolute atomic E-state index is 0.232. The van der Waals surface area contributed by atoms with Crippen molar-refractivity contribution in [1.29, 1.82) is 0 Å². The molecule has 15 heavy (non-hydrogen) atoms. The second-order valence-corrected chi connectivity index (χ2v) is 5.82. The van der Waals surface area contributed by atoms with Gasteiger partial charge in [-0.3, -0.25) is 4.79 Å². The normalized spacial score (nSPS) is 30.7. The molecule has 0 radical (unpaired) electrons. The summed E-state index contributed by atoms with van der Waals surface area (Å²) < 4.78 is 0. The van der Waals surface area contributed by atoms with Gasteiger partial charge in [0, 0.05) is 19.1 Å². The van der Waals surface area contributed by atoms with Crippen LogP contribution >= 0.6 is 0 Å². The molecule has 1 unspecified atom stereocenters. The Bertz CT molecular complexity index is 246. The van der Waals surface area contributed by atoms with Crippen molar-refractivity contribution in [1.82, 2.24) is 10.6 Å². The van der Waals surface area contributed by atoms with E-state index in [1.807, 2.05) is 0 Å². The lowest BCUT2D eigenvalue weighted by atomic mass is 9.75. The summed E-state index contributed by atoms with van der Waals surface area (Å²) in [4.78, 5) is 11.8. The average Bonchev–Trinajstić information content (AvgIpc) is 1.97. The van der Waals surface area contributed by atoms with Gasteiger partial charge in [0.25, 0.3) is 0 Å². The molecule has 1 saturated carbocycles. The van der Waals surface area contributed by atoms with Crippen LogP contribution in [0.1, 0.15) is 39.5 Å². The summed E-state index contributed by atoms with van der Waals surface area (Å²) in [7, 11) is 0.